The van der Waals surface area contributed by atoms with Crippen LogP contribution in [0.2, 0.25) is 0 Å². The fourth-order valence-electron chi connectivity index (χ4n) is 12.8. The first-order valence-electron chi connectivity index (χ1n) is 25.0. The van der Waals surface area contributed by atoms with Crippen molar-refractivity contribution in [3.63, 3.8) is 0 Å². The monoisotopic (exact) mass is 970 g/mol. The van der Waals surface area contributed by atoms with Crippen molar-refractivity contribution in [1.82, 2.24) is 18.3 Å². The molecular weight excluding hydrogens is 928 g/mol. The summed E-state index contributed by atoms with van der Waals surface area (Å²) in [6.07, 6.45) is 6.95. The van der Waals surface area contributed by atoms with E-state index in [2.05, 4.69) is 249 Å². The highest BCUT2D eigenvalue weighted by molar-refractivity contribution is 8.02. The van der Waals surface area contributed by atoms with Crippen molar-refractivity contribution in [1.29, 1.82) is 0 Å². The summed E-state index contributed by atoms with van der Waals surface area (Å²) in [6.45, 7) is 0. The van der Waals surface area contributed by atoms with Gasteiger partial charge in [-0.2, -0.15) is 0 Å². The second-order valence-electron chi connectivity index (χ2n) is 19.5. The molecule has 0 spiro atoms. The van der Waals surface area contributed by atoms with Crippen molar-refractivity contribution in [2.45, 2.75) is 15.8 Å². The second kappa shape index (κ2) is 15.5. The molecule has 0 N–H and O–H groups in total. The molecule has 0 bridgehead atoms. The number of rotatable bonds is 5. The van der Waals surface area contributed by atoms with Crippen LogP contribution in [0.15, 0.2) is 254 Å². The molecule has 5 nitrogen and oxygen atoms in total. The topological polar surface area (TPSA) is 36.8 Å². The van der Waals surface area contributed by atoms with Gasteiger partial charge in [0.1, 0.15) is 0 Å². The van der Waals surface area contributed by atoms with Crippen molar-refractivity contribution in [2.75, 3.05) is 0 Å². The molecule has 3 atom stereocenters. The van der Waals surface area contributed by atoms with Crippen LogP contribution in [0.25, 0.3) is 110 Å². The maximum absolute atomic E-state index is 16.7. The highest BCUT2D eigenvalue weighted by Crippen LogP contribution is 2.60. The van der Waals surface area contributed by atoms with Crippen LogP contribution in [0.4, 0.5) is 0 Å². The summed E-state index contributed by atoms with van der Waals surface area (Å²) in [7, 11) is -3.26. The largest absolute Gasteiger partial charge is 0.313 e. The first kappa shape index (κ1) is 41.1. The zero-order valence-electron chi connectivity index (χ0n) is 39.4. The summed E-state index contributed by atoms with van der Waals surface area (Å²) >= 11 is 1.85. The number of para-hydroxylation sites is 6. The van der Waals surface area contributed by atoms with E-state index < -0.39 is 7.14 Å². The van der Waals surface area contributed by atoms with Crippen molar-refractivity contribution in [3.05, 3.63) is 249 Å². The van der Waals surface area contributed by atoms with E-state index in [1.54, 1.807) is 0 Å². The fourth-order valence-corrected chi connectivity index (χ4v) is 18.2. The van der Waals surface area contributed by atoms with E-state index in [-0.39, 0.29) is 10.9 Å². The molecule has 7 heteroatoms. The van der Waals surface area contributed by atoms with E-state index in [1.807, 2.05) is 30.0 Å². The van der Waals surface area contributed by atoms with Gasteiger partial charge >= 0.3 is 0 Å². The van der Waals surface area contributed by atoms with Gasteiger partial charge in [0.15, 0.2) is 7.14 Å². The molecule has 1 aliphatic heterocycles. The van der Waals surface area contributed by atoms with Crippen LogP contribution in [0, 0.1) is 0 Å². The van der Waals surface area contributed by atoms with Crippen LogP contribution in [0.5, 0.6) is 0 Å². The summed E-state index contributed by atoms with van der Waals surface area (Å²) in [5.74, 6) is 0. The number of hydrogen-bond acceptors (Lipinski definition) is 2. The zero-order valence-corrected chi connectivity index (χ0v) is 41.1. The molecule has 0 saturated carbocycles. The van der Waals surface area contributed by atoms with E-state index >= 15 is 4.57 Å². The second-order valence-corrected chi connectivity index (χ2v) is 23.6. The van der Waals surface area contributed by atoms with Crippen molar-refractivity contribution in [3.8, 4) is 17.1 Å². The Morgan fingerprint density at radius 2 is 0.849 bits per heavy atom. The van der Waals surface area contributed by atoms with E-state index in [9.17, 15) is 0 Å². The molecule has 2 aliphatic rings. The molecule has 0 amide bonds. The highest BCUT2D eigenvalue weighted by Gasteiger charge is 2.46. The molecule has 14 aromatic rings. The molecule has 0 radical (unpaired) electrons. The van der Waals surface area contributed by atoms with Crippen LogP contribution < -0.4 is 10.6 Å². The number of nitrogens with zero attached hydrogens (tertiary/aromatic N) is 4. The van der Waals surface area contributed by atoms with Gasteiger partial charge in [0.2, 0.25) is 0 Å². The molecule has 0 fully saturated rings. The van der Waals surface area contributed by atoms with Crippen molar-refractivity contribution >= 4 is 122 Å². The number of hydrogen-bond donors (Lipinski definition) is 0. The minimum Gasteiger partial charge on any atom is -0.313 e. The van der Waals surface area contributed by atoms with Crippen LogP contribution >= 0.6 is 18.9 Å². The number of benzene rings is 10. The third-order valence-corrected chi connectivity index (χ3v) is 20.9. The molecule has 344 valence electrons. The highest BCUT2D eigenvalue weighted by atomic mass is 32.2. The summed E-state index contributed by atoms with van der Waals surface area (Å²) in [6, 6.07) is 82.8. The predicted octanol–water partition coefficient (Wildman–Crippen LogP) is 16.4. The lowest BCUT2D eigenvalue weighted by molar-refractivity contribution is 0.581. The Balaban J connectivity index is 0.931. The Bertz CT molecular complexity index is 4750. The van der Waals surface area contributed by atoms with Gasteiger partial charge < -0.3 is 22.8 Å². The summed E-state index contributed by atoms with van der Waals surface area (Å²) in [5, 5.41) is 11.4. The number of aromatic nitrogens is 4. The third-order valence-electron chi connectivity index (χ3n) is 15.7. The quantitative estimate of drug-likeness (QED) is 0.161. The molecule has 5 heterocycles. The lowest BCUT2D eigenvalue weighted by Crippen LogP contribution is -2.37. The van der Waals surface area contributed by atoms with Gasteiger partial charge in [-0.3, -0.25) is 0 Å². The molecule has 3 unspecified atom stereocenters. The predicted molar refractivity (Wildman–Crippen MR) is 309 cm³/mol. The molecular formula is C66H43N4OPS. The summed E-state index contributed by atoms with van der Waals surface area (Å²) in [4.78, 5) is 1.05. The Morgan fingerprint density at radius 1 is 0.384 bits per heavy atom. The number of fused-ring (bicyclic) bond motifs is 16. The molecule has 1 aliphatic carbocycles. The maximum Gasteiger partial charge on any atom is 0.152 e. The molecule has 16 rings (SSSR count). The third kappa shape index (κ3) is 5.68. The normalized spacial score (nSPS) is 17.7. The van der Waals surface area contributed by atoms with Gasteiger partial charge in [-0.15, -0.1) is 11.8 Å². The first-order valence-corrected chi connectivity index (χ1v) is 27.7. The summed E-state index contributed by atoms with van der Waals surface area (Å²) in [5.41, 5.74) is 13.5. The lowest BCUT2D eigenvalue weighted by atomic mass is 10.1. The van der Waals surface area contributed by atoms with E-state index in [0.29, 0.717) is 0 Å². The van der Waals surface area contributed by atoms with Crippen LogP contribution in [-0.4, -0.2) is 29.2 Å². The Kier molecular flexibility index (Phi) is 8.72. The average Bonchev–Trinajstić information content (AvgIpc) is 4.19. The molecule has 4 aromatic heterocycles. The molecule has 73 heavy (non-hydrogen) atoms. The van der Waals surface area contributed by atoms with Gasteiger partial charge in [0.25, 0.3) is 0 Å². The fraction of sp³-hybridized carbons (Fsp3) is 0.0303. The molecule has 0 saturated heterocycles. The summed E-state index contributed by atoms with van der Waals surface area (Å²) < 4.78 is 26.4. The van der Waals surface area contributed by atoms with Gasteiger partial charge in [-0.1, -0.05) is 158 Å². The number of thioether (sulfide) groups is 1. The minimum absolute atomic E-state index is 0.122. The Hall–Kier alpha value is -8.54. The van der Waals surface area contributed by atoms with Gasteiger partial charge in [-0.25, -0.2) is 0 Å². The van der Waals surface area contributed by atoms with Crippen LogP contribution in [0.1, 0.15) is 0 Å². The zero-order chi connectivity index (χ0) is 47.9. The standard InChI is InChI=1S/C66H43N4OPS/c71-72(46-22-8-3-9-23-46)59-38-32-44(69-53-28-14-10-24-47(53)49-34-36-57-63(65(49)69)51-26-12-16-30-55(51)67(57)42-18-4-1-5-19-42)40-61(59)73-62-41-45(33-39-60(62)72)70-54-29-15-11-25-48(54)50-35-37-58-64(66(50)70)52-27-13-17-31-56(52)68(58)43-20-6-2-7-21-43/h1-41,59,61H. The first-order chi connectivity index (χ1) is 36.1. The SMILES string of the molecule is O=P1(c2ccccc2)c2ccc(-n3c4ccccc4c4ccc5c(c6ccccc6n5-c5ccccc5)c43)cc2SC2C=C(n3c4ccccc4c4ccc5c(c6ccccc6n5-c5ccccc5)c43)C=CC21. The smallest absolute Gasteiger partial charge is 0.152 e. The van der Waals surface area contributed by atoms with E-state index in [4.69, 9.17) is 0 Å². The van der Waals surface area contributed by atoms with Gasteiger partial charge in [0, 0.05) is 86.6 Å². The average molecular weight is 971 g/mol. The minimum atomic E-state index is -3.26. The van der Waals surface area contributed by atoms with Gasteiger partial charge in [0.05, 0.1) is 49.8 Å². The van der Waals surface area contributed by atoms with Crippen molar-refractivity contribution in [2.24, 2.45) is 0 Å². The maximum atomic E-state index is 16.7. The lowest BCUT2D eigenvalue weighted by Gasteiger charge is -2.39. The van der Waals surface area contributed by atoms with E-state index in [0.717, 1.165) is 60.3 Å². The molecule has 10 aromatic carbocycles. The van der Waals surface area contributed by atoms with Crippen LogP contribution in [-0.2, 0) is 4.57 Å². The Morgan fingerprint density at radius 3 is 1.41 bits per heavy atom. The van der Waals surface area contributed by atoms with E-state index in [1.165, 1.54) is 65.2 Å². The van der Waals surface area contributed by atoms with Crippen LogP contribution in [0.3, 0.4) is 0 Å². The van der Waals surface area contributed by atoms with Gasteiger partial charge in [-0.05, 0) is 91.0 Å². The number of allylic oxidation sites excluding steroid dienone is 3. The van der Waals surface area contributed by atoms with Crippen molar-refractivity contribution < 1.29 is 4.57 Å². The Labute approximate surface area is 424 Å².